The smallest absolute Gasteiger partial charge is 0.376 e. The third-order valence-corrected chi connectivity index (χ3v) is 3.85. The number of phosphoric ester groups is 1. The number of phosphoric acid groups is 1. The van der Waals surface area contributed by atoms with Gasteiger partial charge in [0.25, 0.3) is 0 Å². The van der Waals surface area contributed by atoms with Gasteiger partial charge in [-0.2, -0.15) is 0 Å². The van der Waals surface area contributed by atoms with Gasteiger partial charge in [0.05, 0.1) is 12.7 Å². The normalized spacial score (nSPS) is 27.9. The maximum atomic E-state index is 11.6. The van der Waals surface area contributed by atoms with Crippen LogP contribution in [0.5, 0.6) is 0 Å². The number of rotatable bonds is 5. The predicted molar refractivity (Wildman–Crippen MR) is 55.7 cm³/mol. The number of ether oxygens (including phenoxy) is 1. The number of hydrogen-bond donors (Lipinski definition) is 0. The summed E-state index contributed by atoms with van der Waals surface area (Å²) in [7, 11) is -0.747. The fourth-order valence-corrected chi connectivity index (χ4v) is 2.25. The van der Waals surface area contributed by atoms with Crippen molar-refractivity contribution in [1.82, 2.24) is 0 Å². The molecule has 1 rings (SSSR count). The maximum Gasteiger partial charge on any atom is 0.474 e. The van der Waals surface area contributed by atoms with E-state index in [4.69, 9.17) is 9.26 Å². The summed E-state index contributed by atoms with van der Waals surface area (Å²) >= 11 is 0. The van der Waals surface area contributed by atoms with Crippen molar-refractivity contribution in [3.05, 3.63) is 0 Å². The Morgan fingerprint density at radius 1 is 1.40 bits per heavy atom. The zero-order valence-corrected chi connectivity index (χ0v) is 10.4. The van der Waals surface area contributed by atoms with E-state index in [2.05, 4.69) is 16.0 Å². The molecule has 0 N–H and O–H groups in total. The van der Waals surface area contributed by atoms with Gasteiger partial charge in [0.1, 0.15) is 0 Å². The molecule has 0 aromatic rings. The molecule has 0 radical (unpaired) electrons. The molecular weight excluding hydrogens is 219 g/mol. The lowest BCUT2D eigenvalue weighted by Crippen LogP contribution is -2.28. The third-order valence-electron chi connectivity index (χ3n) is 2.50. The molecule has 1 aliphatic heterocycles. The summed E-state index contributed by atoms with van der Waals surface area (Å²) in [5.74, 6) is 0.622. The quantitative estimate of drug-likeness (QED) is 0.687. The first-order valence-electron chi connectivity index (χ1n) is 5.07. The predicted octanol–water partition coefficient (Wildman–Crippen LogP) is 2.22. The maximum absolute atomic E-state index is 11.6. The molecule has 1 saturated heterocycles. The summed E-state index contributed by atoms with van der Waals surface area (Å²) < 4.78 is 31.5. The molecular formula is C9H19O5P. The van der Waals surface area contributed by atoms with Crippen LogP contribution in [0.3, 0.4) is 0 Å². The first-order valence-corrected chi connectivity index (χ1v) is 6.53. The highest BCUT2D eigenvalue weighted by Crippen LogP contribution is 2.47. The van der Waals surface area contributed by atoms with Crippen LogP contribution in [0, 0.1) is 5.92 Å². The summed E-state index contributed by atoms with van der Waals surface area (Å²) in [6, 6.07) is 0. The number of hydrogen-bond acceptors (Lipinski definition) is 5. The molecule has 6 heteroatoms. The van der Waals surface area contributed by atoms with Crippen LogP contribution in [0.2, 0.25) is 0 Å². The molecule has 5 nitrogen and oxygen atoms in total. The van der Waals surface area contributed by atoms with Gasteiger partial charge in [0, 0.05) is 20.8 Å². The van der Waals surface area contributed by atoms with Crippen LogP contribution >= 0.6 is 7.82 Å². The molecule has 0 aliphatic carbocycles. The standard InChI is InChI=1S/C9H19O5P/c1-8-4-5-13-9(6-8)7-14-15(10,11-2)12-3/h8-9H,4-7H2,1-3H3/t8-,9+/m1/s1. The average molecular weight is 238 g/mol. The van der Waals surface area contributed by atoms with E-state index < -0.39 is 7.82 Å². The van der Waals surface area contributed by atoms with Crippen molar-refractivity contribution in [3.63, 3.8) is 0 Å². The van der Waals surface area contributed by atoms with Crippen molar-refractivity contribution in [3.8, 4) is 0 Å². The molecule has 90 valence electrons. The van der Waals surface area contributed by atoms with E-state index in [1.165, 1.54) is 14.2 Å². The Bertz CT molecular complexity index is 225. The lowest BCUT2D eigenvalue weighted by Gasteiger charge is -2.27. The Kier molecular flexibility index (Phi) is 5.23. The Balaban J connectivity index is 2.32. The van der Waals surface area contributed by atoms with Crippen LogP contribution in [0.15, 0.2) is 0 Å². The van der Waals surface area contributed by atoms with E-state index in [1.54, 1.807) is 0 Å². The first-order chi connectivity index (χ1) is 7.09. The molecule has 15 heavy (non-hydrogen) atoms. The first kappa shape index (κ1) is 13.1. The van der Waals surface area contributed by atoms with Gasteiger partial charge in [0.2, 0.25) is 0 Å². The van der Waals surface area contributed by atoms with Crippen molar-refractivity contribution in [2.24, 2.45) is 5.92 Å². The van der Waals surface area contributed by atoms with E-state index in [9.17, 15) is 4.57 Å². The van der Waals surface area contributed by atoms with Crippen LogP contribution in [-0.2, 0) is 22.9 Å². The molecule has 1 fully saturated rings. The summed E-state index contributed by atoms with van der Waals surface area (Å²) in [6.45, 7) is 3.16. The fraction of sp³-hybridized carbons (Fsp3) is 1.00. The Hall–Kier alpha value is 0.0700. The second kappa shape index (κ2) is 5.97. The van der Waals surface area contributed by atoms with E-state index in [-0.39, 0.29) is 12.7 Å². The van der Waals surface area contributed by atoms with E-state index >= 15 is 0 Å². The van der Waals surface area contributed by atoms with Gasteiger partial charge in [0.15, 0.2) is 0 Å². The Labute approximate surface area is 90.7 Å². The van der Waals surface area contributed by atoms with Gasteiger partial charge in [-0.25, -0.2) is 4.57 Å². The molecule has 1 heterocycles. The van der Waals surface area contributed by atoms with Crippen molar-refractivity contribution >= 4 is 7.82 Å². The highest BCUT2D eigenvalue weighted by atomic mass is 31.2. The molecule has 0 aromatic heterocycles. The second-order valence-corrected chi connectivity index (χ2v) is 5.61. The van der Waals surface area contributed by atoms with Gasteiger partial charge >= 0.3 is 7.82 Å². The van der Waals surface area contributed by atoms with E-state index in [0.717, 1.165) is 19.4 Å². The molecule has 0 unspecified atom stereocenters. The third kappa shape index (κ3) is 4.21. The van der Waals surface area contributed by atoms with Crippen molar-refractivity contribution in [1.29, 1.82) is 0 Å². The summed E-state index contributed by atoms with van der Waals surface area (Å²) in [4.78, 5) is 0. The monoisotopic (exact) mass is 238 g/mol. The minimum Gasteiger partial charge on any atom is -0.376 e. The topological polar surface area (TPSA) is 54.0 Å². The van der Waals surface area contributed by atoms with Crippen LogP contribution in [-0.4, -0.2) is 33.5 Å². The molecule has 0 saturated carbocycles. The van der Waals surface area contributed by atoms with Gasteiger partial charge in [-0.05, 0) is 18.8 Å². The SMILES string of the molecule is COP(=O)(OC)OC[C@@H]1C[C@H](C)CCO1. The van der Waals surface area contributed by atoms with Crippen LogP contribution in [0.1, 0.15) is 19.8 Å². The van der Waals surface area contributed by atoms with Gasteiger partial charge in [-0.1, -0.05) is 6.92 Å². The summed E-state index contributed by atoms with van der Waals surface area (Å²) in [5.41, 5.74) is 0. The van der Waals surface area contributed by atoms with E-state index in [0.29, 0.717) is 5.92 Å². The fourth-order valence-electron chi connectivity index (χ4n) is 1.54. The second-order valence-electron chi connectivity index (χ2n) is 3.73. The van der Waals surface area contributed by atoms with Crippen molar-refractivity contribution in [2.45, 2.75) is 25.9 Å². The lowest BCUT2D eigenvalue weighted by atomic mass is 9.98. The Morgan fingerprint density at radius 2 is 2.07 bits per heavy atom. The van der Waals surface area contributed by atoms with Gasteiger partial charge in [-0.15, -0.1) is 0 Å². The van der Waals surface area contributed by atoms with Crippen LogP contribution < -0.4 is 0 Å². The molecule has 1 aliphatic rings. The summed E-state index contributed by atoms with van der Waals surface area (Å²) in [6.07, 6.45) is 1.99. The molecule has 0 aromatic carbocycles. The zero-order chi connectivity index (χ0) is 11.3. The van der Waals surface area contributed by atoms with E-state index in [1.807, 2.05) is 0 Å². The highest BCUT2D eigenvalue weighted by molar-refractivity contribution is 7.48. The van der Waals surface area contributed by atoms with Crippen molar-refractivity contribution in [2.75, 3.05) is 27.4 Å². The highest BCUT2D eigenvalue weighted by Gasteiger charge is 2.27. The Morgan fingerprint density at radius 3 is 2.60 bits per heavy atom. The van der Waals surface area contributed by atoms with Crippen molar-refractivity contribution < 1.29 is 22.9 Å². The largest absolute Gasteiger partial charge is 0.474 e. The minimum absolute atomic E-state index is 0.00706. The van der Waals surface area contributed by atoms with Gasteiger partial charge < -0.3 is 4.74 Å². The summed E-state index contributed by atoms with van der Waals surface area (Å²) in [5, 5.41) is 0. The molecule has 0 amide bonds. The molecule has 2 atom stereocenters. The average Bonchev–Trinajstić information content (AvgIpc) is 2.26. The van der Waals surface area contributed by atoms with Gasteiger partial charge in [-0.3, -0.25) is 13.6 Å². The lowest BCUT2D eigenvalue weighted by molar-refractivity contribution is -0.0356. The van der Waals surface area contributed by atoms with Crippen LogP contribution in [0.25, 0.3) is 0 Å². The minimum atomic E-state index is -3.35. The molecule has 0 bridgehead atoms. The zero-order valence-electron chi connectivity index (χ0n) is 9.47. The van der Waals surface area contributed by atoms with Crippen LogP contribution in [0.4, 0.5) is 0 Å². The molecule has 0 spiro atoms.